The van der Waals surface area contributed by atoms with Gasteiger partial charge in [-0.3, -0.25) is 10.2 Å². The number of sulfonamides is 1. The van der Waals surface area contributed by atoms with Crippen molar-refractivity contribution in [1.29, 1.82) is 0 Å². The molecule has 0 radical (unpaired) electrons. The lowest BCUT2D eigenvalue weighted by Gasteiger charge is -2.14. The number of nitrogens with two attached hydrogens (primary N) is 1. The van der Waals surface area contributed by atoms with Gasteiger partial charge < -0.3 is 4.74 Å². The van der Waals surface area contributed by atoms with Gasteiger partial charge >= 0.3 is 0 Å². The Morgan fingerprint density at radius 3 is 2.60 bits per heavy atom. The summed E-state index contributed by atoms with van der Waals surface area (Å²) in [6.45, 7) is 1.18. The van der Waals surface area contributed by atoms with E-state index < -0.39 is 10.0 Å². The summed E-state index contributed by atoms with van der Waals surface area (Å²) in [6.07, 6.45) is 0.672. The SMILES string of the molecule is NNC(=O)c1ccc(OCCN2CCCS2(=O)=O)cc1. The Bertz CT molecular complexity index is 571. The number of carbonyl (C=O) groups is 1. The average Bonchev–Trinajstić information content (AvgIpc) is 2.78. The van der Waals surface area contributed by atoms with Gasteiger partial charge in [-0.05, 0) is 30.7 Å². The van der Waals surface area contributed by atoms with Crippen molar-refractivity contribution in [3.63, 3.8) is 0 Å². The van der Waals surface area contributed by atoms with E-state index in [0.717, 1.165) is 0 Å². The Kier molecular flexibility index (Phi) is 4.58. The predicted octanol–water partition coefficient (Wildman–Crippen LogP) is -0.296. The summed E-state index contributed by atoms with van der Waals surface area (Å²) in [5, 5.41) is 0. The van der Waals surface area contributed by atoms with Crippen LogP contribution >= 0.6 is 0 Å². The summed E-state index contributed by atoms with van der Waals surface area (Å²) < 4.78 is 30.0. The third kappa shape index (κ3) is 3.47. The largest absolute Gasteiger partial charge is 0.492 e. The lowest BCUT2D eigenvalue weighted by molar-refractivity contribution is 0.0953. The molecule has 1 aromatic rings. The molecular formula is C12H17N3O4S. The molecule has 20 heavy (non-hydrogen) atoms. The summed E-state index contributed by atoms with van der Waals surface area (Å²) in [5.41, 5.74) is 2.47. The third-order valence-corrected chi connectivity index (χ3v) is 5.02. The molecule has 0 bridgehead atoms. The Labute approximate surface area is 117 Å². The number of hydrazine groups is 1. The van der Waals surface area contributed by atoms with Gasteiger partial charge in [0, 0.05) is 18.7 Å². The van der Waals surface area contributed by atoms with E-state index in [4.69, 9.17) is 10.6 Å². The lowest BCUT2D eigenvalue weighted by atomic mass is 10.2. The van der Waals surface area contributed by atoms with E-state index in [1.54, 1.807) is 24.3 Å². The molecule has 0 saturated carbocycles. The Balaban J connectivity index is 1.84. The molecule has 1 aliphatic rings. The monoisotopic (exact) mass is 299 g/mol. The number of carbonyl (C=O) groups excluding carboxylic acids is 1. The molecule has 7 nitrogen and oxygen atoms in total. The second-order valence-electron chi connectivity index (χ2n) is 4.41. The summed E-state index contributed by atoms with van der Waals surface area (Å²) in [6, 6.07) is 6.46. The molecule has 3 N–H and O–H groups in total. The van der Waals surface area contributed by atoms with Crippen molar-refractivity contribution >= 4 is 15.9 Å². The number of nitrogens with zero attached hydrogens (tertiary/aromatic N) is 1. The summed E-state index contributed by atoms with van der Waals surface area (Å²) >= 11 is 0. The second-order valence-corrected chi connectivity index (χ2v) is 6.50. The van der Waals surface area contributed by atoms with Crippen LogP contribution in [0.2, 0.25) is 0 Å². The molecule has 1 saturated heterocycles. The number of nitrogens with one attached hydrogen (secondary N) is 1. The van der Waals surface area contributed by atoms with Crippen LogP contribution in [0.4, 0.5) is 0 Å². The maximum Gasteiger partial charge on any atom is 0.265 e. The van der Waals surface area contributed by atoms with Gasteiger partial charge in [-0.2, -0.15) is 4.31 Å². The van der Waals surface area contributed by atoms with Crippen LogP contribution in [0.25, 0.3) is 0 Å². The first-order valence-electron chi connectivity index (χ1n) is 6.24. The van der Waals surface area contributed by atoms with Gasteiger partial charge in [0.2, 0.25) is 10.0 Å². The van der Waals surface area contributed by atoms with Crippen molar-refractivity contribution in [3.8, 4) is 5.75 Å². The smallest absolute Gasteiger partial charge is 0.265 e. The Morgan fingerprint density at radius 1 is 1.35 bits per heavy atom. The Morgan fingerprint density at radius 2 is 2.05 bits per heavy atom. The van der Waals surface area contributed by atoms with Crippen LogP contribution in [-0.4, -0.2) is 44.1 Å². The van der Waals surface area contributed by atoms with Crippen LogP contribution in [-0.2, 0) is 10.0 Å². The van der Waals surface area contributed by atoms with Crippen molar-refractivity contribution < 1.29 is 17.9 Å². The number of hydrogen-bond donors (Lipinski definition) is 2. The fraction of sp³-hybridized carbons (Fsp3) is 0.417. The van der Waals surface area contributed by atoms with Crippen molar-refractivity contribution in [3.05, 3.63) is 29.8 Å². The maximum atomic E-state index is 11.6. The summed E-state index contributed by atoms with van der Waals surface area (Å²) in [4.78, 5) is 11.2. The number of amides is 1. The first kappa shape index (κ1) is 14.8. The van der Waals surface area contributed by atoms with Crippen LogP contribution in [0.3, 0.4) is 0 Å². The van der Waals surface area contributed by atoms with E-state index in [1.165, 1.54) is 4.31 Å². The quantitative estimate of drug-likeness (QED) is 0.442. The molecule has 0 aromatic heterocycles. The van der Waals surface area contributed by atoms with Gasteiger partial charge in [0.05, 0.1) is 5.75 Å². The minimum Gasteiger partial charge on any atom is -0.492 e. The van der Waals surface area contributed by atoms with Gasteiger partial charge in [-0.1, -0.05) is 0 Å². The molecule has 1 amide bonds. The number of nitrogen functional groups attached to an aromatic ring is 1. The minimum absolute atomic E-state index is 0.218. The molecule has 0 unspecified atom stereocenters. The molecule has 1 fully saturated rings. The standard InChI is InChI=1S/C12H17N3O4S/c13-14-12(16)10-2-4-11(5-3-10)19-8-7-15-6-1-9-20(15,17)18/h2-5H,1,6-9,13H2,(H,14,16). The van der Waals surface area contributed by atoms with E-state index in [9.17, 15) is 13.2 Å². The van der Waals surface area contributed by atoms with Crippen molar-refractivity contribution in [2.75, 3.05) is 25.4 Å². The highest BCUT2D eigenvalue weighted by Gasteiger charge is 2.27. The normalized spacial score (nSPS) is 17.9. The van der Waals surface area contributed by atoms with Gasteiger partial charge in [0.25, 0.3) is 5.91 Å². The van der Waals surface area contributed by atoms with E-state index in [-0.39, 0.29) is 18.3 Å². The topological polar surface area (TPSA) is 102 Å². The summed E-state index contributed by atoms with van der Waals surface area (Å²) in [5.74, 6) is 5.45. The zero-order valence-electron chi connectivity index (χ0n) is 10.9. The highest BCUT2D eigenvalue weighted by atomic mass is 32.2. The first-order valence-corrected chi connectivity index (χ1v) is 7.85. The number of benzene rings is 1. The van der Waals surface area contributed by atoms with Crippen LogP contribution in [0.15, 0.2) is 24.3 Å². The van der Waals surface area contributed by atoms with E-state index in [0.29, 0.717) is 30.8 Å². The molecule has 0 spiro atoms. The predicted molar refractivity (Wildman–Crippen MR) is 73.6 cm³/mol. The maximum absolute atomic E-state index is 11.6. The highest BCUT2D eigenvalue weighted by molar-refractivity contribution is 7.89. The molecular weight excluding hydrogens is 282 g/mol. The van der Waals surface area contributed by atoms with E-state index in [1.807, 2.05) is 5.43 Å². The van der Waals surface area contributed by atoms with E-state index in [2.05, 4.69) is 0 Å². The van der Waals surface area contributed by atoms with Crippen molar-refractivity contribution in [2.45, 2.75) is 6.42 Å². The molecule has 8 heteroatoms. The minimum atomic E-state index is -3.08. The van der Waals surface area contributed by atoms with Gasteiger partial charge in [0.15, 0.2) is 0 Å². The van der Waals surface area contributed by atoms with Crippen LogP contribution in [0, 0.1) is 0 Å². The fourth-order valence-electron chi connectivity index (χ4n) is 1.99. The number of ether oxygens (including phenoxy) is 1. The Hall–Kier alpha value is -1.64. The number of hydrogen-bond acceptors (Lipinski definition) is 5. The highest BCUT2D eigenvalue weighted by Crippen LogP contribution is 2.15. The molecule has 0 atom stereocenters. The molecule has 110 valence electrons. The van der Waals surface area contributed by atoms with Gasteiger partial charge in [-0.15, -0.1) is 0 Å². The van der Waals surface area contributed by atoms with E-state index >= 15 is 0 Å². The van der Waals surface area contributed by atoms with Crippen LogP contribution < -0.4 is 16.0 Å². The first-order chi connectivity index (χ1) is 9.53. The molecule has 1 heterocycles. The second kappa shape index (κ2) is 6.21. The molecule has 1 aromatic carbocycles. The third-order valence-electron chi connectivity index (χ3n) is 3.06. The zero-order valence-corrected chi connectivity index (χ0v) is 11.7. The molecule has 1 aliphatic heterocycles. The molecule has 0 aliphatic carbocycles. The zero-order chi connectivity index (χ0) is 14.6. The van der Waals surface area contributed by atoms with Crippen LogP contribution in [0.5, 0.6) is 5.75 Å². The molecule has 2 rings (SSSR count). The number of rotatable bonds is 5. The fourth-order valence-corrected chi connectivity index (χ4v) is 3.51. The average molecular weight is 299 g/mol. The summed E-state index contributed by atoms with van der Waals surface area (Å²) in [7, 11) is -3.08. The van der Waals surface area contributed by atoms with Gasteiger partial charge in [0.1, 0.15) is 12.4 Å². The lowest BCUT2D eigenvalue weighted by Crippen LogP contribution is -2.30. The van der Waals surface area contributed by atoms with Gasteiger partial charge in [-0.25, -0.2) is 14.3 Å². The van der Waals surface area contributed by atoms with Crippen molar-refractivity contribution in [1.82, 2.24) is 9.73 Å². The van der Waals surface area contributed by atoms with Crippen molar-refractivity contribution in [2.24, 2.45) is 5.84 Å². The van der Waals surface area contributed by atoms with Crippen LogP contribution in [0.1, 0.15) is 16.8 Å².